The molecule has 162 valence electrons. The molecule has 1 saturated heterocycles. The van der Waals surface area contributed by atoms with Gasteiger partial charge in [-0.2, -0.15) is 0 Å². The van der Waals surface area contributed by atoms with E-state index in [1.165, 1.54) is 25.7 Å². The zero-order valence-electron chi connectivity index (χ0n) is 17.5. The Bertz CT molecular complexity index is 819. The quantitative estimate of drug-likeness (QED) is 0.680. The lowest BCUT2D eigenvalue weighted by molar-refractivity contribution is 0.0699. The summed E-state index contributed by atoms with van der Waals surface area (Å²) in [6.45, 7) is 3.40. The number of nitrogens with one attached hydrogen (secondary N) is 1. The van der Waals surface area contributed by atoms with Gasteiger partial charge < -0.3 is 15.8 Å². The normalized spacial score (nSPS) is 22.7. The largest absolute Gasteiger partial charge is 0.381 e. The maximum absolute atomic E-state index is 6.48. The molecular formula is C23H32ClN5O. The number of nitrogens with two attached hydrogens (primary N) is 1. The second-order valence-corrected chi connectivity index (χ2v) is 9.12. The van der Waals surface area contributed by atoms with Crippen LogP contribution in [0.15, 0.2) is 24.7 Å². The molecule has 1 aliphatic carbocycles. The van der Waals surface area contributed by atoms with Gasteiger partial charge in [0, 0.05) is 37.2 Å². The van der Waals surface area contributed by atoms with Crippen LogP contribution in [0.1, 0.15) is 44.2 Å². The molecule has 1 saturated carbocycles. The number of anilines is 1. The Morgan fingerprint density at radius 2 is 1.77 bits per heavy atom. The fourth-order valence-electron chi connectivity index (χ4n) is 4.54. The van der Waals surface area contributed by atoms with Gasteiger partial charge in [-0.3, -0.25) is 9.97 Å². The Morgan fingerprint density at radius 3 is 2.53 bits per heavy atom. The highest BCUT2D eigenvalue weighted by molar-refractivity contribution is 6.33. The van der Waals surface area contributed by atoms with Gasteiger partial charge in [-0.1, -0.05) is 11.6 Å². The van der Waals surface area contributed by atoms with Crippen LogP contribution in [0.2, 0.25) is 5.02 Å². The fourth-order valence-corrected chi connectivity index (χ4v) is 4.74. The number of hydrogen-bond donors (Lipinski definition) is 2. The molecule has 0 aromatic carbocycles. The van der Waals surface area contributed by atoms with Crippen molar-refractivity contribution < 1.29 is 4.74 Å². The maximum atomic E-state index is 6.48. The zero-order valence-corrected chi connectivity index (χ0v) is 18.3. The summed E-state index contributed by atoms with van der Waals surface area (Å²) in [7, 11) is 0. The summed E-state index contributed by atoms with van der Waals surface area (Å²) in [5.74, 6) is 2.78. The zero-order chi connectivity index (χ0) is 20.8. The van der Waals surface area contributed by atoms with Crippen molar-refractivity contribution in [2.45, 2.75) is 44.9 Å². The molecule has 2 fully saturated rings. The standard InChI is InChI=1S/C23H32ClN5O/c24-21-13-27-19(9-16-1-3-17(11-25)4-2-16)10-20(21)22-14-26-15-23(29-22)28-12-18-5-7-30-8-6-18/h10,13-18H,1-9,11-12,25H2,(H,28,29). The molecule has 0 unspecified atom stereocenters. The van der Waals surface area contributed by atoms with Crippen molar-refractivity contribution in [2.24, 2.45) is 23.5 Å². The highest BCUT2D eigenvalue weighted by Crippen LogP contribution is 2.32. The van der Waals surface area contributed by atoms with Gasteiger partial charge in [0.15, 0.2) is 0 Å². The molecule has 4 rings (SSSR count). The second kappa shape index (κ2) is 10.5. The van der Waals surface area contributed by atoms with Crippen LogP contribution in [-0.4, -0.2) is 41.3 Å². The molecular weight excluding hydrogens is 398 g/mol. The smallest absolute Gasteiger partial charge is 0.145 e. The first-order valence-corrected chi connectivity index (χ1v) is 11.6. The number of aromatic nitrogens is 3. The third-order valence-electron chi connectivity index (χ3n) is 6.53. The van der Waals surface area contributed by atoms with E-state index in [0.717, 1.165) is 68.3 Å². The maximum Gasteiger partial charge on any atom is 0.145 e. The Kier molecular flexibility index (Phi) is 7.52. The summed E-state index contributed by atoms with van der Waals surface area (Å²) in [6.07, 6.45) is 13.4. The van der Waals surface area contributed by atoms with Crippen molar-refractivity contribution in [3.05, 3.63) is 35.4 Å². The van der Waals surface area contributed by atoms with E-state index in [0.29, 0.717) is 22.8 Å². The van der Waals surface area contributed by atoms with Gasteiger partial charge >= 0.3 is 0 Å². The lowest BCUT2D eigenvalue weighted by Crippen LogP contribution is -2.23. The Labute approximate surface area is 184 Å². The first-order valence-electron chi connectivity index (χ1n) is 11.2. The van der Waals surface area contributed by atoms with Gasteiger partial charge in [0.05, 0.1) is 23.1 Å². The van der Waals surface area contributed by atoms with Crippen molar-refractivity contribution in [1.82, 2.24) is 15.0 Å². The lowest BCUT2D eigenvalue weighted by Gasteiger charge is -2.27. The van der Waals surface area contributed by atoms with Crippen molar-refractivity contribution >= 4 is 17.4 Å². The summed E-state index contributed by atoms with van der Waals surface area (Å²) in [5, 5.41) is 4.05. The van der Waals surface area contributed by atoms with Crippen LogP contribution in [0.25, 0.3) is 11.3 Å². The van der Waals surface area contributed by atoms with Crippen LogP contribution in [0.3, 0.4) is 0 Å². The Hall–Kier alpha value is -1.76. The minimum atomic E-state index is 0.612. The first-order chi connectivity index (χ1) is 14.7. The first kappa shape index (κ1) is 21.5. The number of rotatable bonds is 7. The second-order valence-electron chi connectivity index (χ2n) is 8.71. The van der Waals surface area contributed by atoms with Crippen molar-refractivity contribution in [3.63, 3.8) is 0 Å². The van der Waals surface area contributed by atoms with Gasteiger partial charge in [0.2, 0.25) is 0 Å². The highest BCUT2D eigenvalue weighted by Gasteiger charge is 2.21. The van der Waals surface area contributed by atoms with Gasteiger partial charge in [0.1, 0.15) is 5.82 Å². The Morgan fingerprint density at radius 1 is 1.00 bits per heavy atom. The lowest BCUT2D eigenvalue weighted by atomic mass is 9.80. The molecule has 0 atom stereocenters. The molecule has 3 N–H and O–H groups in total. The van der Waals surface area contributed by atoms with E-state index in [4.69, 9.17) is 27.1 Å². The minimum Gasteiger partial charge on any atom is -0.381 e. The molecule has 1 aliphatic heterocycles. The third-order valence-corrected chi connectivity index (χ3v) is 6.83. The number of pyridine rings is 1. The van der Waals surface area contributed by atoms with Crippen LogP contribution in [-0.2, 0) is 11.2 Å². The average Bonchev–Trinajstić information content (AvgIpc) is 2.80. The molecule has 2 aliphatic rings. The number of halogens is 1. The van der Waals surface area contributed by atoms with E-state index < -0.39 is 0 Å². The molecule has 0 radical (unpaired) electrons. The molecule has 30 heavy (non-hydrogen) atoms. The minimum absolute atomic E-state index is 0.612. The van der Waals surface area contributed by atoms with E-state index in [9.17, 15) is 0 Å². The van der Waals surface area contributed by atoms with Gasteiger partial charge in [-0.05, 0) is 75.3 Å². The van der Waals surface area contributed by atoms with Crippen molar-refractivity contribution in [1.29, 1.82) is 0 Å². The monoisotopic (exact) mass is 429 g/mol. The molecule has 3 heterocycles. The number of ether oxygens (including phenoxy) is 1. The van der Waals surface area contributed by atoms with Crippen LogP contribution < -0.4 is 11.1 Å². The van der Waals surface area contributed by atoms with E-state index in [-0.39, 0.29) is 0 Å². The molecule has 6 nitrogen and oxygen atoms in total. The number of nitrogens with zero attached hydrogens (tertiary/aromatic N) is 3. The van der Waals surface area contributed by atoms with Gasteiger partial charge in [-0.15, -0.1) is 0 Å². The van der Waals surface area contributed by atoms with Crippen LogP contribution >= 0.6 is 11.6 Å². The molecule has 7 heteroatoms. The summed E-state index contributed by atoms with van der Waals surface area (Å²) in [4.78, 5) is 13.7. The van der Waals surface area contributed by atoms with Gasteiger partial charge in [0.25, 0.3) is 0 Å². The van der Waals surface area contributed by atoms with Gasteiger partial charge in [-0.25, -0.2) is 4.98 Å². The third kappa shape index (κ3) is 5.68. The SMILES string of the molecule is NCC1CCC(Cc2cc(-c3cncc(NCC4CCOCC4)n3)c(Cl)cn2)CC1. The van der Waals surface area contributed by atoms with Crippen LogP contribution in [0, 0.1) is 17.8 Å². The van der Waals surface area contributed by atoms with Crippen LogP contribution in [0.5, 0.6) is 0 Å². The van der Waals surface area contributed by atoms with E-state index in [2.05, 4.69) is 21.4 Å². The number of hydrogen-bond acceptors (Lipinski definition) is 6. The fraction of sp³-hybridized carbons (Fsp3) is 0.609. The van der Waals surface area contributed by atoms with E-state index in [1.807, 2.05) is 0 Å². The molecule has 2 aromatic rings. The summed E-state index contributed by atoms with van der Waals surface area (Å²) >= 11 is 6.48. The Balaban J connectivity index is 1.42. The molecule has 0 amide bonds. The molecule has 0 spiro atoms. The van der Waals surface area contributed by atoms with E-state index in [1.54, 1.807) is 18.6 Å². The topological polar surface area (TPSA) is 86.0 Å². The molecule has 2 aromatic heterocycles. The summed E-state index contributed by atoms with van der Waals surface area (Å²) in [6, 6.07) is 2.09. The highest BCUT2D eigenvalue weighted by atomic mass is 35.5. The summed E-state index contributed by atoms with van der Waals surface area (Å²) in [5.41, 5.74) is 8.59. The predicted octanol–water partition coefficient (Wildman–Crippen LogP) is 4.34. The predicted molar refractivity (Wildman–Crippen MR) is 121 cm³/mol. The average molecular weight is 430 g/mol. The summed E-state index contributed by atoms with van der Waals surface area (Å²) < 4.78 is 5.44. The molecule has 0 bridgehead atoms. The van der Waals surface area contributed by atoms with Crippen LogP contribution in [0.4, 0.5) is 5.82 Å². The van der Waals surface area contributed by atoms with Crippen molar-refractivity contribution in [3.8, 4) is 11.3 Å². The van der Waals surface area contributed by atoms with Crippen molar-refractivity contribution in [2.75, 3.05) is 31.6 Å². The van der Waals surface area contributed by atoms with E-state index >= 15 is 0 Å².